The van der Waals surface area contributed by atoms with E-state index in [4.69, 9.17) is 23.7 Å². The highest BCUT2D eigenvalue weighted by Gasteiger charge is 2.55. The number of carbonyl (C=O) groups excluding carboxylic acids is 5. The van der Waals surface area contributed by atoms with Gasteiger partial charge in [-0.15, -0.1) is 0 Å². The third-order valence-electron chi connectivity index (χ3n) is 10.5. The highest BCUT2D eigenvalue weighted by atomic mass is 16.7. The normalized spacial score (nSPS) is 19.0. The van der Waals surface area contributed by atoms with Crippen LogP contribution in [0.25, 0.3) is 11.1 Å². The summed E-state index contributed by atoms with van der Waals surface area (Å²) in [5.41, 5.74) is -7.73. The van der Waals surface area contributed by atoms with Crippen molar-refractivity contribution in [2.75, 3.05) is 6.61 Å². The van der Waals surface area contributed by atoms with Crippen LogP contribution in [0.3, 0.4) is 0 Å². The molecule has 0 spiro atoms. The van der Waals surface area contributed by atoms with Gasteiger partial charge in [0.1, 0.15) is 41.6 Å². The average molecular weight is 937 g/mol. The summed E-state index contributed by atoms with van der Waals surface area (Å²) in [5.74, 6) is -26.1. The highest BCUT2D eigenvalue weighted by Crippen LogP contribution is 2.54. The summed E-state index contributed by atoms with van der Waals surface area (Å²) in [6, 6.07) is 3.57. The summed E-state index contributed by atoms with van der Waals surface area (Å²) in [4.78, 5) is 69.2. The molecule has 5 aromatic carbocycles. The molecule has 0 bridgehead atoms. The van der Waals surface area contributed by atoms with E-state index in [0.29, 0.717) is 42.5 Å². The Morgan fingerprint density at radius 2 is 0.940 bits per heavy atom. The Hall–Kier alpha value is -9.39. The first-order valence-corrected chi connectivity index (χ1v) is 18.7. The van der Waals surface area contributed by atoms with E-state index in [-0.39, 0.29) is 0 Å². The van der Waals surface area contributed by atoms with Crippen molar-refractivity contribution in [3.63, 3.8) is 0 Å². The van der Waals surface area contributed by atoms with E-state index in [1.807, 2.05) is 0 Å². The number of phenolic OH excluding ortho intramolecular Hbond substituents is 15. The van der Waals surface area contributed by atoms with Crippen molar-refractivity contribution in [1.82, 2.24) is 0 Å². The molecule has 1 saturated heterocycles. The smallest absolute Gasteiger partial charge is 0.339 e. The maximum atomic E-state index is 14.5. The SMILES string of the molecule is CC(=O)c1c(O)cc(O)c([C@@H]2O[C@@H]3COC(=O)c4cc(O)c(O)c(O)c4-c4c(cc(O)c(O)c4O)C(=O)O[C@H]3[C@H](OC(=O)c3cc(O)c(O)c(O)c3)[C@H]2OC(=O)c2cc(O)c(O)c(O)c2)c1O. The van der Waals surface area contributed by atoms with Gasteiger partial charge in [0.05, 0.1) is 27.8 Å². The van der Waals surface area contributed by atoms with Crippen LogP contribution in [-0.4, -0.2) is 137 Å². The van der Waals surface area contributed by atoms with Gasteiger partial charge in [-0.2, -0.15) is 0 Å². The van der Waals surface area contributed by atoms with E-state index in [0.717, 1.165) is 6.92 Å². The number of Topliss-reactive ketones (excluding diaryl/α,β-unsaturated/α-hetero) is 1. The minimum Gasteiger partial charge on any atom is -0.507 e. The molecule has 7 rings (SSSR count). The van der Waals surface area contributed by atoms with Crippen molar-refractivity contribution in [2.45, 2.75) is 37.4 Å². The fourth-order valence-corrected chi connectivity index (χ4v) is 7.34. The van der Waals surface area contributed by atoms with Gasteiger partial charge in [0, 0.05) is 17.2 Å². The van der Waals surface area contributed by atoms with Crippen molar-refractivity contribution in [2.24, 2.45) is 0 Å². The average Bonchev–Trinajstić information content (AvgIpc) is 3.27. The van der Waals surface area contributed by atoms with E-state index in [1.54, 1.807) is 0 Å². The fourth-order valence-electron chi connectivity index (χ4n) is 7.34. The van der Waals surface area contributed by atoms with Gasteiger partial charge in [-0.3, -0.25) is 4.79 Å². The second kappa shape index (κ2) is 16.6. The minimum absolute atomic E-state index is 0.407. The molecule has 350 valence electrons. The molecule has 5 atom stereocenters. The predicted molar refractivity (Wildman–Crippen MR) is 212 cm³/mol. The third-order valence-corrected chi connectivity index (χ3v) is 10.5. The first-order valence-electron chi connectivity index (χ1n) is 18.7. The van der Waals surface area contributed by atoms with Crippen LogP contribution >= 0.6 is 0 Å². The number of esters is 4. The third kappa shape index (κ3) is 7.75. The van der Waals surface area contributed by atoms with Gasteiger partial charge in [0.15, 0.2) is 81.6 Å². The van der Waals surface area contributed by atoms with E-state index >= 15 is 0 Å². The number of ketones is 1. The molecule has 0 unspecified atom stereocenters. The summed E-state index contributed by atoms with van der Waals surface area (Å²) >= 11 is 0. The Labute approximate surface area is 370 Å². The molecule has 0 radical (unpaired) electrons. The first-order chi connectivity index (χ1) is 31.4. The van der Waals surface area contributed by atoms with Crippen molar-refractivity contribution in [3.05, 3.63) is 75.8 Å². The number of phenols is 15. The summed E-state index contributed by atoms with van der Waals surface area (Å²) < 4.78 is 28.6. The number of benzene rings is 5. The molecule has 1 fully saturated rings. The minimum atomic E-state index is -2.54. The van der Waals surface area contributed by atoms with Crippen LogP contribution in [0.2, 0.25) is 0 Å². The molecular weight excluding hydrogens is 904 g/mol. The molecule has 5 aromatic rings. The van der Waals surface area contributed by atoms with Gasteiger partial charge < -0.3 is 100 Å². The number of carbonyl (C=O) groups is 5. The standard InChI is InChI=1S/C42H32O25/c1-10(43)24-15(44)8-16(45)27(32(24)56)36-38(67-40(60)12-4-19(48)29(53)20(49)5-12)37(66-39(59)11-2-17(46)28(52)18(47)3-11)35-23(64-36)9-63-41(61)13-6-21(50)30(54)33(57)25(13)26-14(42(62)65-35)7-22(51)31(55)34(26)58/h2-8,23,35-38,44-58H,9H2,1H3/t23-,35-,36+,37+,38+/m1/s1. The lowest BCUT2D eigenvalue weighted by molar-refractivity contribution is -0.232. The Morgan fingerprint density at radius 1 is 0.507 bits per heavy atom. The Bertz CT molecular complexity index is 2930. The van der Waals surface area contributed by atoms with Gasteiger partial charge in [-0.1, -0.05) is 0 Å². The molecule has 2 aliphatic rings. The van der Waals surface area contributed by atoms with Crippen LogP contribution in [0.5, 0.6) is 86.2 Å². The predicted octanol–water partition coefficient (Wildman–Crippen LogP) is 2.43. The quantitative estimate of drug-likeness (QED) is 0.0503. The van der Waals surface area contributed by atoms with Gasteiger partial charge in [-0.05, 0) is 43.3 Å². The number of aromatic hydroxyl groups is 15. The van der Waals surface area contributed by atoms with Gasteiger partial charge in [-0.25, -0.2) is 19.2 Å². The molecule has 15 N–H and O–H groups in total. The van der Waals surface area contributed by atoms with Crippen molar-refractivity contribution >= 4 is 29.7 Å². The highest BCUT2D eigenvalue weighted by molar-refractivity contribution is 6.08. The molecule has 0 amide bonds. The van der Waals surface area contributed by atoms with E-state index in [9.17, 15) is 101 Å². The Morgan fingerprint density at radius 3 is 1.40 bits per heavy atom. The van der Waals surface area contributed by atoms with Crippen molar-refractivity contribution in [3.8, 4) is 97.4 Å². The van der Waals surface area contributed by atoms with E-state index < -0.39 is 198 Å². The zero-order valence-corrected chi connectivity index (χ0v) is 33.4. The van der Waals surface area contributed by atoms with Crippen LogP contribution in [0.4, 0.5) is 0 Å². The monoisotopic (exact) mass is 936 g/mol. The van der Waals surface area contributed by atoms with Gasteiger partial charge >= 0.3 is 23.9 Å². The van der Waals surface area contributed by atoms with Crippen molar-refractivity contribution < 1.29 is 124 Å². The van der Waals surface area contributed by atoms with Crippen LogP contribution in [0, 0.1) is 0 Å². The summed E-state index contributed by atoms with van der Waals surface area (Å²) in [7, 11) is 0. The zero-order chi connectivity index (χ0) is 49.2. The second-order valence-corrected chi connectivity index (χ2v) is 14.7. The molecule has 0 aliphatic carbocycles. The van der Waals surface area contributed by atoms with E-state index in [2.05, 4.69) is 0 Å². The molecule has 2 heterocycles. The summed E-state index contributed by atoms with van der Waals surface area (Å²) in [6.07, 6.45) is -12.1. The Kier molecular flexibility index (Phi) is 11.3. The number of ether oxygens (including phenoxy) is 5. The van der Waals surface area contributed by atoms with Crippen LogP contribution in [0.1, 0.15) is 70.4 Å². The molecule has 2 aliphatic heterocycles. The zero-order valence-electron chi connectivity index (χ0n) is 33.4. The molecule has 25 heteroatoms. The van der Waals surface area contributed by atoms with Crippen LogP contribution < -0.4 is 0 Å². The second-order valence-electron chi connectivity index (χ2n) is 14.7. The summed E-state index contributed by atoms with van der Waals surface area (Å²) in [6.45, 7) is -0.409. The number of rotatable bonds is 6. The number of hydrogen-bond donors (Lipinski definition) is 15. The number of fused-ring (bicyclic) bond motifs is 4. The summed E-state index contributed by atoms with van der Waals surface area (Å²) in [5, 5.41) is 158. The maximum absolute atomic E-state index is 14.5. The largest absolute Gasteiger partial charge is 0.507 e. The molecule has 0 aromatic heterocycles. The molecule has 25 nitrogen and oxygen atoms in total. The molecule has 67 heavy (non-hydrogen) atoms. The van der Waals surface area contributed by atoms with Crippen LogP contribution in [0.15, 0.2) is 42.5 Å². The first kappa shape index (κ1) is 45.6. The number of hydrogen-bond acceptors (Lipinski definition) is 25. The lowest BCUT2D eigenvalue weighted by atomic mass is 9.88. The van der Waals surface area contributed by atoms with E-state index in [1.165, 1.54) is 0 Å². The van der Waals surface area contributed by atoms with Gasteiger partial charge in [0.2, 0.25) is 11.5 Å². The van der Waals surface area contributed by atoms with Crippen molar-refractivity contribution in [1.29, 1.82) is 0 Å². The van der Waals surface area contributed by atoms with Gasteiger partial charge in [0.25, 0.3) is 0 Å². The molecular formula is C42H32O25. The topological polar surface area (TPSA) is 435 Å². The lowest BCUT2D eigenvalue weighted by Crippen LogP contribution is -2.59. The lowest BCUT2D eigenvalue weighted by Gasteiger charge is -2.45. The van der Waals surface area contributed by atoms with Crippen LogP contribution in [-0.2, 0) is 23.7 Å². The maximum Gasteiger partial charge on any atom is 0.339 e. The molecule has 0 saturated carbocycles. The fraction of sp³-hybridized carbons (Fsp3) is 0.167. The Balaban J connectivity index is 1.51. The number of cyclic esters (lactones) is 1.